The number of terminal acetylenes is 1. The van der Waals surface area contributed by atoms with Crippen molar-refractivity contribution in [3.8, 4) is 12.3 Å². The molecule has 15 atom stereocenters. The lowest BCUT2D eigenvalue weighted by Crippen LogP contribution is -2.71. The van der Waals surface area contributed by atoms with E-state index in [1.807, 2.05) is 0 Å². The minimum Gasteiger partial charge on any atom is -0.394 e. The zero-order chi connectivity index (χ0) is 41.0. The number of benzene rings is 1. The highest BCUT2D eigenvalue weighted by Crippen LogP contribution is 2.38. The summed E-state index contributed by atoms with van der Waals surface area (Å²) in [4.78, 5) is 36.7. The van der Waals surface area contributed by atoms with Gasteiger partial charge in [-0.15, -0.1) is 6.42 Å². The van der Waals surface area contributed by atoms with Gasteiger partial charge in [0.2, 0.25) is 12.3 Å². The van der Waals surface area contributed by atoms with Crippen molar-refractivity contribution >= 4 is 23.9 Å². The summed E-state index contributed by atoms with van der Waals surface area (Å²) in [7, 11) is 0. The quantitative estimate of drug-likeness (QED) is 0.0431. The fourth-order valence-electron chi connectivity index (χ4n) is 6.34. The number of rotatable bonds is 20. The van der Waals surface area contributed by atoms with Crippen molar-refractivity contribution in [2.75, 3.05) is 31.7 Å². The van der Waals surface area contributed by atoms with Crippen LogP contribution in [0.2, 0.25) is 0 Å². The van der Waals surface area contributed by atoms with Crippen molar-refractivity contribution in [1.29, 1.82) is 0 Å². The average molecular weight is 790 g/mol. The summed E-state index contributed by atoms with van der Waals surface area (Å²) in [5.74, 6) is -2.68. The predicted octanol–water partition coefficient (Wildman–Crippen LogP) is -6.71. The predicted molar refractivity (Wildman–Crippen MR) is 184 cm³/mol. The lowest BCUT2D eigenvalue weighted by atomic mass is 9.87. The van der Waals surface area contributed by atoms with E-state index in [1.54, 1.807) is 24.3 Å². The van der Waals surface area contributed by atoms with Crippen LogP contribution in [0.15, 0.2) is 24.3 Å². The van der Waals surface area contributed by atoms with Crippen LogP contribution in [0, 0.1) is 12.3 Å². The number of aryl methyl sites for hydroxylation is 1. The van der Waals surface area contributed by atoms with Crippen molar-refractivity contribution < 1.29 is 89.5 Å². The third kappa shape index (κ3) is 11.3. The second kappa shape index (κ2) is 21.2. The van der Waals surface area contributed by atoms with Crippen molar-refractivity contribution in [3.63, 3.8) is 0 Å². The SMILES string of the molecule is C#CCNC(=O)[C@@]1(O[C@@H]2C(O)[C@H](O[C@H](C(O)CO)[C@H](O)C(O)CCc3ccccc3NC=O)OC(CO)[C@@H]2O)C[C@@H](O)[C@@H](NC(C)=O)C([C@H](O)[C@H](O)CO)O1. The van der Waals surface area contributed by atoms with E-state index >= 15 is 0 Å². The average Bonchev–Trinajstić information content (AvgIpc) is 3.17. The van der Waals surface area contributed by atoms with Crippen LogP contribution in [-0.2, 0) is 39.8 Å². The molecule has 310 valence electrons. The highest BCUT2D eigenvalue weighted by Gasteiger charge is 2.59. The van der Waals surface area contributed by atoms with Gasteiger partial charge in [-0.2, -0.15) is 0 Å². The van der Waals surface area contributed by atoms with Crippen molar-refractivity contribution in [2.45, 2.75) is 118 Å². The molecule has 1 aromatic carbocycles. The number of anilines is 1. The molecule has 1 aromatic rings. The Hall–Kier alpha value is -3.41. The van der Waals surface area contributed by atoms with Gasteiger partial charge in [-0.25, -0.2) is 0 Å². The number of ether oxygens (including phenoxy) is 4. The molecule has 21 heteroatoms. The Morgan fingerprint density at radius 1 is 1.04 bits per heavy atom. The topological polar surface area (TPSA) is 347 Å². The molecule has 5 unspecified atom stereocenters. The zero-order valence-corrected chi connectivity index (χ0v) is 29.8. The molecule has 0 saturated carbocycles. The van der Waals surface area contributed by atoms with Gasteiger partial charge in [0.1, 0.15) is 61.0 Å². The minimum absolute atomic E-state index is 0.0952. The highest BCUT2D eigenvalue weighted by molar-refractivity contribution is 5.84. The van der Waals surface area contributed by atoms with Crippen LogP contribution in [0.5, 0.6) is 0 Å². The molecule has 0 aromatic heterocycles. The van der Waals surface area contributed by atoms with E-state index in [-0.39, 0.29) is 12.8 Å². The standard InChI is InChI=1S/C34H51N3O18/c1-3-10-35-33(51)34(11-20(44)24(37-16(2)42)30(54-34)26(48)21(45)12-38)55-31-27(49)23(14-40)52-32(28(31)50)53-29(22(46)13-39)25(47)19(43)9-8-17-6-4-5-7-18(17)36-15-41/h1,4-7,15,19-32,38-40,43-50H,8-14H2,2H3,(H,35,51)(H,36,41)(H,37,42)/t19?,20-,21-,22?,23?,24-,25-,26-,27+,28?,29-,30?,31+,32+,34+/m1/s1. The zero-order valence-electron chi connectivity index (χ0n) is 29.8. The van der Waals surface area contributed by atoms with Crippen LogP contribution >= 0.6 is 0 Å². The second-order valence-electron chi connectivity index (χ2n) is 13.1. The Bertz CT molecular complexity index is 1440. The van der Waals surface area contributed by atoms with Gasteiger partial charge in [-0.1, -0.05) is 24.1 Å². The molecule has 2 heterocycles. The van der Waals surface area contributed by atoms with Gasteiger partial charge in [0.05, 0.1) is 44.6 Å². The first-order valence-corrected chi connectivity index (χ1v) is 17.3. The number of para-hydroxylation sites is 1. The van der Waals surface area contributed by atoms with E-state index in [4.69, 9.17) is 25.4 Å². The third-order valence-corrected chi connectivity index (χ3v) is 9.24. The summed E-state index contributed by atoms with van der Waals surface area (Å²) in [6, 6.07) is 5.06. The Morgan fingerprint density at radius 3 is 2.31 bits per heavy atom. The summed E-state index contributed by atoms with van der Waals surface area (Å²) in [5, 5.41) is 124. The Balaban J connectivity index is 1.97. The Kier molecular flexibility index (Phi) is 17.7. The summed E-state index contributed by atoms with van der Waals surface area (Å²) in [6.45, 7) is -2.48. The number of carbonyl (C=O) groups is 3. The van der Waals surface area contributed by atoms with Crippen LogP contribution in [0.25, 0.3) is 0 Å². The largest absolute Gasteiger partial charge is 0.394 e. The maximum atomic E-state index is 13.7. The molecule has 2 saturated heterocycles. The second-order valence-corrected chi connectivity index (χ2v) is 13.1. The van der Waals surface area contributed by atoms with Gasteiger partial charge in [0.25, 0.3) is 11.7 Å². The molecule has 21 nitrogen and oxygen atoms in total. The van der Waals surface area contributed by atoms with Crippen LogP contribution in [0.3, 0.4) is 0 Å². The molecule has 55 heavy (non-hydrogen) atoms. The van der Waals surface area contributed by atoms with Crippen LogP contribution in [0.4, 0.5) is 5.69 Å². The maximum Gasteiger partial charge on any atom is 0.281 e. The van der Waals surface area contributed by atoms with E-state index in [1.165, 1.54) is 0 Å². The van der Waals surface area contributed by atoms with Crippen LogP contribution in [-0.4, -0.2) is 192 Å². The molecule has 3 amide bonds. The first-order chi connectivity index (χ1) is 26.1. The van der Waals surface area contributed by atoms with E-state index in [0.29, 0.717) is 17.7 Å². The molecule has 2 aliphatic rings. The third-order valence-electron chi connectivity index (χ3n) is 9.24. The van der Waals surface area contributed by atoms with Gasteiger partial charge in [-0.3, -0.25) is 14.4 Å². The summed E-state index contributed by atoms with van der Waals surface area (Å²) in [5.41, 5.74) is 1.00. The van der Waals surface area contributed by atoms with Gasteiger partial charge in [0, 0.05) is 19.0 Å². The number of aliphatic hydroxyl groups excluding tert-OH is 11. The monoisotopic (exact) mass is 789 g/mol. The van der Waals surface area contributed by atoms with Gasteiger partial charge < -0.3 is 91.1 Å². The number of amides is 3. The number of nitrogens with one attached hydrogen (secondary N) is 3. The lowest BCUT2D eigenvalue weighted by Gasteiger charge is -2.51. The van der Waals surface area contributed by atoms with E-state index in [9.17, 15) is 70.6 Å². The Labute approximate surface area is 315 Å². The molecule has 0 radical (unpaired) electrons. The van der Waals surface area contributed by atoms with Gasteiger partial charge in [-0.05, 0) is 24.5 Å². The smallest absolute Gasteiger partial charge is 0.281 e. The van der Waals surface area contributed by atoms with Crippen molar-refractivity contribution in [3.05, 3.63) is 29.8 Å². The normalized spacial score (nSPS) is 31.5. The lowest BCUT2D eigenvalue weighted by molar-refractivity contribution is -0.374. The van der Waals surface area contributed by atoms with Gasteiger partial charge >= 0.3 is 0 Å². The number of hydrogen-bond donors (Lipinski definition) is 14. The van der Waals surface area contributed by atoms with Crippen molar-refractivity contribution in [2.24, 2.45) is 0 Å². The number of carbonyl (C=O) groups excluding carboxylic acids is 3. The van der Waals surface area contributed by atoms with Crippen LogP contribution < -0.4 is 16.0 Å². The molecule has 0 aliphatic carbocycles. The minimum atomic E-state index is -2.82. The molecule has 3 rings (SSSR count). The maximum absolute atomic E-state index is 13.7. The molecule has 2 fully saturated rings. The van der Waals surface area contributed by atoms with E-state index < -0.39 is 136 Å². The fourth-order valence-corrected chi connectivity index (χ4v) is 6.34. The number of aliphatic hydroxyl groups is 11. The molecule has 14 N–H and O–H groups in total. The molecule has 0 bridgehead atoms. The molecular formula is C34H51N3O18. The summed E-state index contributed by atoms with van der Waals surface area (Å²) < 4.78 is 23.0. The first-order valence-electron chi connectivity index (χ1n) is 17.3. The first kappa shape index (κ1) is 46.0. The molecule has 0 spiro atoms. The van der Waals surface area contributed by atoms with Gasteiger partial charge in [0.15, 0.2) is 6.29 Å². The van der Waals surface area contributed by atoms with E-state index in [2.05, 4.69) is 21.9 Å². The molecular weight excluding hydrogens is 738 g/mol. The van der Waals surface area contributed by atoms with E-state index in [0.717, 1.165) is 6.92 Å². The number of hydrogen-bond acceptors (Lipinski definition) is 18. The summed E-state index contributed by atoms with van der Waals surface area (Å²) in [6.07, 6.45) is -20.7. The fraction of sp³-hybridized carbons (Fsp3) is 0.676. The Morgan fingerprint density at radius 2 is 1.71 bits per heavy atom. The molecule has 2 aliphatic heterocycles. The van der Waals surface area contributed by atoms with Crippen LogP contribution in [0.1, 0.15) is 25.3 Å². The van der Waals surface area contributed by atoms with Crippen molar-refractivity contribution in [1.82, 2.24) is 10.6 Å². The summed E-state index contributed by atoms with van der Waals surface area (Å²) >= 11 is 0. The highest BCUT2D eigenvalue weighted by atomic mass is 16.7.